The van der Waals surface area contributed by atoms with E-state index in [9.17, 15) is 8.78 Å². The monoisotopic (exact) mass is 290 g/mol. The lowest BCUT2D eigenvalue weighted by Crippen LogP contribution is -2.19. The molecule has 21 heavy (non-hydrogen) atoms. The van der Waals surface area contributed by atoms with Crippen LogP contribution in [0.5, 0.6) is 0 Å². The molecule has 0 bridgehead atoms. The third-order valence-electron chi connectivity index (χ3n) is 2.98. The van der Waals surface area contributed by atoms with Gasteiger partial charge in [-0.2, -0.15) is 5.26 Å². The summed E-state index contributed by atoms with van der Waals surface area (Å²) in [5.74, 6) is -1.87. The molecule has 0 saturated heterocycles. The van der Waals surface area contributed by atoms with E-state index in [0.717, 1.165) is 24.1 Å². The highest BCUT2D eigenvalue weighted by atomic mass is 19.1. The summed E-state index contributed by atoms with van der Waals surface area (Å²) < 4.78 is 27.1. The Bertz CT molecular complexity index is 619. The molecule has 1 rings (SSSR count). The van der Waals surface area contributed by atoms with Gasteiger partial charge in [0.25, 0.3) is 0 Å². The van der Waals surface area contributed by atoms with Gasteiger partial charge in [0.15, 0.2) is 5.84 Å². The molecule has 0 spiro atoms. The van der Waals surface area contributed by atoms with Crippen molar-refractivity contribution >= 4 is 12.6 Å². The second-order valence-electron chi connectivity index (χ2n) is 4.43. The van der Waals surface area contributed by atoms with Crippen LogP contribution in [0.15, 0.2) is 33.9 Å². The number of nitrogens with two attached hydrogens (primary N) is 1. The number of nitrogens with zero attached hydrogens (tertiary/aromatic N) is 3. The minimum Gasteiger partial charge on any atom is -0.324 e. The number of amidine groups is 1. The lowest BCUT2D eigenvalue weighted by atomic mass is 10.1. The maximum absolute atomic E-state index is 13.6. The number of aliphatic imine (C=N–C) groups is 2. The van der Waals surface area contributed by atoms with Crippen LogP contribution in [-0.4, -0.2) is 18.6 Å². The summed E-state index contributed by atoms with van der Waals surface area (Å²) in [7, 11) is 0. The van der Waals surface area contributed by atoms with E-state index in [0.29, 0.717) is 0 Å². The van der Waals surface area contributed by atoms with Crippen LogP contribution in [0, 0.1) is 23.0 Å². The number of nitriles is 1. The van der Waals surface area contributed by atoms with Gasteiger partial charge < -0.3 is 5.73 Å². The zero-order chi connectivity index (χ0) is 16.0. The highest BCUT2D eigenvalue weighted by Gasteiger charge is 2.13. The molecule has 1 aromatic carbocycles. The molecule has 1 aromatic rings. The van der Waals surface area contributed by atoms with Gasteiger partial charge in [-0.25, -0.2) is 18.8 Å². The zero-order valence-corrected chi connectivity index (χ0v) is 11.9. The second kappa shape index (κ2) is 7.41. The van der Waals surface area contributed by atoms with Crippen LogP contribution in [-0.2, 0) is 0 Å². The number of hydrogen-bond donors (Lipinski definition) is 1. The van der Waals surface area contributed by atoms with Crippen molar-refractivity contribution in [2.24, 2.45) is 15.7 Å². The van der Waals surface area contributed by atoms with Crippen LogP contribution in [0.25, 0.3) is 0 Å². The van der Waals surface area contributed by atoms with E-state index in [4.69, 9.17) is 11.0 Å². The normalized spacial score (nSPS) is 13.7. The predicted octanol–water partition coefficient (Wildman–Crippen LogP) is 2.92. The summed E-state index contributed by atoms with van der Waals surface area (Å²) in [5.41, 5.74) is 6.11. The van der Waals surface area contributed by atoms with Gasteiger partial charge in [0.05, 0.1) is 0 Å². The topological polar surface area (TPSA) is 74.5 Å². The third kappa shape index (κ3) is 4.04. The summed E-state index contributed by atoms with van der Waals surface area (Å²) in [6.45, 7) is 7.07. The van der Waals surface area contributed by atoms with Crippen LogP contribution in [0.2, 0.25) is 0 Å². The Morgan fingerprint density at radius 2 is 2.05 bits per heavy atom. The molecule has 6 heteroatoms. The van der Waals surface area contributed by atoms with E-state index in [1.807, 2.05) is 6.92 Å². The van der Waals surface area contributed by atoms with Crippen molar-refractivity contribution < 1.29 is 8.78 Å². The van der Waals surface area contributed by atoms with E-state index < -0.39 is 17.2 Å². The van der Waals surface area contributed by atoms with Gasteiger partial charge in [0.2, 0.25) is 0 Å². The molecular formula is C15H16F2N4. The molecule has 4 nitrogen and oxygen atoms in total. The van der Waals surface area contributed by atoms with E-state index in [-0.39, 0.29) is 17.4 Å². The molecule has 110 valence electrons. The molecule has 2 N–H and O–H groups in total. The van der Waals surface area contributed by atoms with Crippen molar-refractivity contribution in [3.8, 4) is 6.07 Å². The number of rotatable bonds is 4. The molecule has 0 saturated carbocycles. The first-order chi connectivity index (χ1) is 9.94. The first-order valence-electron chi connectivity index (χ1n) is 6.30. The van der Waals surface area contributed by atoms with Crippen LogP contribution in [0.3, 0.4) is 0 Å². The summed E-state index contributed by atoms with van der Waals surface area (Å²) in [6, 6.07) is 3.31. The molecule has 0 heterocycles. The zero-order valence-electron chi connectivity index (χ0n) is 11.9. The standard InChI is InChI=1S/C15H16F2N4/c1-4-14(19)9(2)8-21-15(20-3)10-5-12(16)11(7-18)13(17)6-10/h5-6,8,14H,3-4,19H2,1-2H3/b9-8+,21-15?. The fourth-order valence-corrected chi connectivity index (χ4v) is 1.60. The Morgan fingerprint density at radius 3 is 2.48 bits per heavy atom. The van der Waals surface area contributed by atoms with Crippen molar-refractivity contribution in [1.82, 2.24) is 0 Å². The lowest BCUT2D eigenvalue weighted by Gasteiger charge is -2.07. The van der Waals surface area contributed by atoms with Crippen molar-refractivity contribution in [2.45, 2.75) is 26.3 Å². The van der Waals surface area contributed by atoms with E-state index in [2.05, 4.69) is 16.7 Å². The SMILES string of the molecule is C=NC(=N/C=C(\C)C(N)CC)c1cc(F)c(C#N)c(F)c1. The predicted molar refractivity (Wildman–Crippen MR) is 79.2 cm³/mol. The molecule has 0 aliphatic heterocycles. The molecule has 1 atom stereocenters. The molecule has 0 amide bonds. The highest BCUT2D eigenvalue weighted by molar-refractivity contribution is 6.01. The molecule has 0 aliphatic rings. The average molecular weight is 290 g/mol. The van der Waals surface area contributed by atoms with Crippen LogP contribution in [0.1, 0.15) is 31.4 Å². The number of hydrogen-bond acceptors (Lipinski definition) is 3. The second-order valence-corrected chi connectivity index (χ2v) is 4.43. The quantitative estimate of drug-likeness (QED) is 0.684. The Morgan fingerprint density at radius 1 is 1.48 bits per heavy atom. The highest BCUT2D eigenvalue weighted by Crippen LogP contribution is 2.16. The minimum absolute atomic E-state index is 0.0555. The number of benzene rings is 1. The van der Waals surface area contributed by atoms with E-state index >= 15 is 0 Å². The van der Waals surface area contributed by atoms with Crippen LogP contribution >= 0.6 is 0 Å². The first kappa shape index (κ1) is 16.7. The molecule has 0 aliphatic carbocycles. The fourth-order valence-electron chi connectivity index (χ4n) is 1.60. The van der Waals surface area contributed by atoms with Crippen LogP contribution < -0.4 is 5.73 Å². The van der Waals surface area contributed by atoms with Crippen molar-refractivity contribution in [3.63, 3.8) is 0 Å². The Hall–Kier alpha value is -2.39. The van der Waals surface area contributed by atoms with Gasteiger partial charge in [-0.05, 0) is 37.8 Å². The largest absolute Gasteiger partial charge is 0.324 e. The van der Waals surface area contributed by atoms with Gasteiger partial charge >= 0.3 is 0 Å². The third-order valence-corrected chi connectivity index (χ3v) is 2.98. The summed E-state index contributed by atoms with van der Waals surface area (Å²) >= 11 is 0. The van der Waals surface area contributed by atoms with Gasteiger partial charge in [0, 0.05) is 17.8 Å². The first-order valence-corrected chi connectivity index (χ1v) is 6.30. The Labute approximate surface area is 122 Å². The molecule has 0 fully saturated rings. The van der Waals surface area contributed by atoms with Gasteiger partial charge in [0.1, 0.15) is 23.3 Å². The minimum atomic E-state index is -0.963. The van der Waals surface area contributed by atoms with Gasteiger partial charge in [-0.3, -0.25) is 0 Å². The Balaban J connectivity index is 3.24. The molecule has 1 unspecified atom stereocenters. The number of halogens is 2. The summed E-state index contributed by atoms with van der Waals surface area (Å²) in [4.78, 5) is 7.70. The smallest absolute Gasteiger partial charge is 0.158 e. The van der Waals surface area contributed by atoms with Crippen molar-refractivity contribution in [2.75, 3.05) is 0 Å². The van der Waals surface area contributed by atoms with Crippen LogP contribution in [0.4, 0.5) is 8.78 Å². The van der Waals surface area contributed by atoms with Crippen molar-refractivity contribution in [3.05, 3.63) is 46.7 Å². The Kier molecular flexibility index (Phi) is 5.88. The van der Waals surface area contributed by atoms with Crippen molar-refractivity contribution in [1.29, 1.82) is 5.26 Å². The maximum Gasteiger partial charge on any atom is 0.158 e. The van der Waals surface area contributed by atoms with E-state index in [1.165, 1.54) is 12.3 Å². The summed E-state index contributed by atoms with van der Waals surface area (Å²) in [6.07, 6.45) is 2.24. The van der Waals surface area contributed by atoms with E-state index in [1.54, 1.807) is 6.92 Å². The average Bonchev–Trinajstić information content (AvgIpc) is 2.46. The maximum atomic E-state index is 13.6. The lowest BCUT2D eigenvalue weighted by molar-refractivity contribution is 0.576. The summed E-state index contributed by atoms with van der Waals surface area (Å²) in [5, 5.41) is 8.63. The molecule has 0 radical (unpaired) electrons. The van der Waals surface area contributed by atoms with Gasteiger partial charge in [-0.15, -0.1) is 0 Å². The fraction of sp³-hybridized carbons (Fsp3) is 0.267. The molecule has 0 aromatic heterocycles. The molecular weight excluding hydrogens is 274 g/mol. The van der Waals surface area contributed by atoms with Gasteiger partial charge in [-0.1, -0.05) is 6.92 Å².